The molecule has 0 heterocycles. The molecule has 1 aromatic carbocycles. The van der Waals surface area contributed by atoms with Crippen LogP contribution in [0.15, 0.2) is 24.3 Å². The second kappa shape index (κ2) is 8.34. The third-order valence-corrected chi connectivity index (χ3v) is 3.42. The fourth-order valence-electron chi connectivity index (χ4n) is 2.32. The predicted molar refractivity (Wildman–Crippen MR) is 82.3 cm³/mol. The first-order chi connectivity index (χ1) is 9.02. The van der Waals surface area contributed by atoms with Gasteiger partial charge in [-0.25, -0.2) is 0 Å². The van der Waals surface area contributed by atoms with E-state index in [4.69, 9.17) is 0 Å². The van der Waals surface area contributed by atoms with E-state index in [1.807, 2.05) is 0 Å². The average molecular weight is 263 g/mol. The van der Waals surface area contributed by atoms with E-state index < -0.39 is 0 Å². The standard InChI is InChI=1S/C17H29NO/c1-5-6-15-7-9-16(10-8-15)14(4)18-12-17(19)11-13(2)3/h7-10,13-14,17-19H,5-6,11-12H2,1-4H3. The summed E-state index contributed by atoms with van der Waals surface area (Å²) in [7, 11) is 0. The van der Waals surface area contributed by atoms with E-state index in [0.717, 1.165) is 12.8 Å². The second-order valence-corrected chi connectivity index (χ2v) is 5.90. The number of nitrogens with one attached hydrogen (secondary N) is 1. The molecule has 2 unspecified atom stereocenters. The van der Waals surface area contributed by atoms with Gasteiger partial charge in [-0.3, -0.25) is 0 Å². The molecule has 2 atom stereocenters. The van der Waals surface area contributed by atoms with Crippen LogP contribution in [-0.2, 0) is 6.42 Å². The smallest absolute Gasteiger partial charge is 0.0667 e. The number of hydrogen-bond donors (Lipinski definition) is 2. The van der Waals surface area contributed by atoms with Crippen LogP contribution in [0.4, 0.5) is 0 Å². The van der Waals surface area contributed by atoms with Gasteiger partial charge in [0.15, 0.2) is 0 Å². The Labute approximate surface area is 118 Å². The number of rotatable bonds is 8. The van der Waals surface area contributed by atoms with Crippen LogP contribution in [0.5, 0.6) is 0 Å². The van der Waals surface area contributed by atoms with Gasteiger partial charge in [-0.1, -0.05) is 51.5 Å². The molecule has 0 radical (unpaired) electrons. The molecule has 0 aliphatic rings. The zero-order valence-electron chi connectivity index (χ0n) is 12.8. The maximum absolute atomic E-state index is 9.87. The van der Waals surface area contributed by atoms with Crippen LogP contribution in [0.2, 0.25) is 0 Å². The molecule has 2 nitrogen and oxygen atoms in total. The summed E-state index contributed by atoms with van der Waals surface area (Å²) in [5, 5.41) is 13.3. The van der Waals surface area contributed by atoms with Crippen molar-refractivity contribution in [2.75, 3.05) is 6.54 Å². The minimum atomic E-state index is -0.248. The van der Waals surface area contributed by atoms with Crippen LogP contribution in [0.1, 0.15) is 57.7 Å². The van der Waals surface area contributed by atoms with Crippen LogP contribution in [-0.4, -0.2) is 17.8 Å². The molecule has 0 amide bonds. The number of aliphatic hydroxyl groups is 1. The van der Waals surface area contributed by atoms with Crippen molar-refractivity contribution in [1.82, 2.24) is 5.32 Å². The minimum absolute atomic E-state index is 0.248. The van der Waals surface area contributed by atoms with Gasteiger partial charge in [-0.05, 0) is 36.8 Å². The summed E-state index contributed by atoms with van der Waals surface area (Å²) in [6, 6.07) is 9.09. The fourth-order valence-corrected chi connectivity index (χ4v) is 2.32. The highest BCUT2D eigenvalue weighted by molar-refractivity contribution is 5.24. The maximum Gasteiger partial charge on any atom is 0.0667 e. The molecule has 0 aliphatic heterocycles. The number of benzene rings is 1. The zero-order valence-corrected chi connectivity index (χ0v) is 12.8. The molecule has 0 saturated carbocycles. The van der Waals surface area contributed by atoms with Crippen molar-refractivity contribution in [2.45, 2.75) is 59.1 Å². The molecule has 19 heavy (non-hydrogen) atoms. The molecular formula is C17H29NO. The van der Waals surface area contributed by atoms with E-state index in [2.05, 4.69) is 57.3 Å². The molecule has 1 aromatic rings. The maximum atomic E-state index is 9.87. The van der Waals surface area contributed by atoms with Gasteiger partial charge in [0, 0.05) is 12.6 Å². The number of hydrogen-bond acceptors (Lipinski definition) is 2. The highest BCUT2D eigenvalue weighted by atomic mass is 16.3. The monoisotopic (exact) mass is 263 g/mol. The molecule has 0 aromatic heterocycles. The van der Waals surface area contributed by atoms with Gasteiger partial charge in [0.1, 0.15) is 0 Å². The lowest BCUT2D eigenvalue weighted by Gasteiger charge is -2.19. The summed E-state index contributed by atoms with van der Waals surface area (Å²) >= 11 is 0. The van der Waals surface area contributed by atoms with E-state index >= 15 is 0 Å². The Morgan fingerprint density at radius 1 is 1.11 bits per heavy atom. The normalized spacial score (nSPS) is 14.6. The highest BCUT2D eigenvalue weighted by Gasteiger charge is 2.10. The number of aryl methyl sites for hydroxylation is 1. The first-order valence-electron chi connectivity index (χ1n) is 7.53. The molecule has 0 saturated heterocycles. The first-order valence-corrected chi connectivity index (χ1v) is 7.53. The Morgan fingerprint density at radius 2 is 1.74 bits per heavy atom. The van der Waals surface area contributed by atoms with Crippen molar-refractivity contribution in [3.05, 3.63) is 35.4 Å². The summed E-state index contributed by atoms with van der Waals surface area (Å²) in [6.07, 6.45) is 2.95. The Kier molecular flexibility index (Phi) is 7.11. The van der Waals surface area contributed by atoms with E-state index in [9.17, 15) is 5.11 Å². The second-order valence-electron chi connectivity index (χ2n) is 5.90. The minimum Gasteiger partial charge on any atom is -0.392 e. The van der Waals surface area contributed by atoms with Gasteiger partial charge in [-0.15, -0.1) is 0 Å². The Bertz CT molecular complexity index is 345. The largest absolute Gasteiger partial charge is 0.392 e. The Hall–Kier alpha value is -0.860. The molecule has 2 heteroatoms. The quantitative estimate of drug-likeness (QED) is 0.749. The van der Waals surface area contributed by atoms with Crippen molar-refractivity contribution >= 4 is 0 Å². The first kappa shape index (κ1) is 16.2. The van der Waals surface area contributed by atoms with E-state index in [1.54, 1.807) is 0 Å². The fraction of sp³-hybridized carbons (Fsp3) is 0.647. The van der Waals surface area contributed by atoms with Crippen LogP contribution >= 0.6 is 0 Å². The third kappa shape index (κ3) is 6.22. The number of aliphatic hydroxyl groups excluding tert-OH is 1. The van der Waals surface area contributed by atoms with Crippen molar-refractivity contribution < 1.29 is 5.11 Å². The molecule has 1 rings (SSSR count). The van der Waals surface area contributed by atoms with Crippen molar-refractivity contribution in [3.63, 3.8) is 0 Å². The molecule has 2 N–H and O–H groups in total. The lowest BCUT2D eigenvalue weighted by atomic mass is 10.0. The van der Waals surface area contributed by atoms with E-state index in [-0.39, 0.29) is 12.1 Å². The summed E-state index contributed by atoms with van der Waals surface area (Å²) in [4.78, 5) is 0. The Morgan fingerprint density at radius 3 is 2.26 bits per heavy atom. The van der Waals surface area contributed by atoms with E-state index in [0.29, 0.717) is 12.5 Å². The summed E-state index contributed by atoms with van der Waals surface area (Å²) < 4.78 is 0. The predicted octanol–water partition coefficient (Wildman–Crippen LogP) is 3.70. The SMILES string of the molecule is CCCc1ccc(C(C)NCC(O)CC(C)C)cc1. The molecule has 0 aliphatic carbocycles. The Balaban J connectivity index is 2.42. The summed E-state index contributed by atoms with van der Waals surface area (Å²) in [5.74, 6) is 0.542. The van der Waals surface area contributed by atoms with Crippen molar-refractivity contribution in [3.8, 4) is 0 Å². The van der Waals surface area contributed by atoms with Gasteiger partial charge in [-0.2, -0.15) is 0 Å². The van der Waals surface area contributed by atoms with Gasteiger partial charge >= 0.3 is 0 Å². The van der Waals surface area contributed by atoms with Gasteiger partial charge in [0.25, 0.3) is 0 Å². The molecular weight excluding hydrogens is 234 g/mol. The van der Waals surface area contributed by atoms with Crippen LogP contribution in [0.25, 0.3) is 0 Å². The molecule has 0 spiro atoms. The highest BCUT2D eigenvalue weighted by Crippen LogP contribution is 2.14. The van der Waals surface area contributed by atoms with Crippen LogP contribution in [0.3, 0.4) is 0 Å². The van der Waals surface area contributed by atoms with Gasteiger partial charge in [0.2, 0.25) is 0 Å². The third-order valence-electron chi connectivity index (χ3n) is 3.42. The van der Waals surface area contributed by atoms with Crippen LogP contribution < -0.4 is 5.32 Å². The lowest BCUT2D eigenvalue weighted by molar-refractivity contribution is 0.143. The van der Waals surface area contributed by atoms with Crippen molar-refractivity contribution in [2.24, 2.45) is 5.92 Å². The average Bonchev–Trinajstić information content (AvgIpc) is 2.36. The van der Waals surface area contributed by atoms with Crippen LogP contribution in [0, 0.1) is 5.92 Å². The van der Waals surface area contributed by atoms with Gasteiger partial charge in [0.05, 0.1) is 6.10 Å². The zero-order chi connectivity index (χ0) is 14.3. The van der Waals surface area contributed by atoms with E-state index in [1.165, 1.54) is 17.5 Å². The summed E-state index contributed by atoms with van der Waals surface area (Å²) in [6.45, 7) is 9.29. The van der Waals surface area contributed by atoms with Crippen molar-refractivity contribution in [1.29, 1.82) is 0 Å². The topological polar surface area (TPSA) is 32.3 Å². The van der Waals surface area contributed by atoms with Gasteiger partial charge < -0.3 is 10.4 Å². The summed E-state index contributed by atoms with van der Waals surface area (Å²) in [5.41, 5.74) is 2.69. The lowest BCUT2D eigenvalue weighted by Crippen LogP contribution is -2.29. The molecule has 0 bridgehead atoms. The molecule has 108 valence electrons. The molecule has 0 fully saturated rings.